The molecule has 1 atom stereocenters. The van der Waals surface area contributed by atoms with Crippen molar-refractivity contribution in [1.29, 1.82) is 0 Å². The summed E-state index contributed by atoms with van der Waals surface area (Å²) in [5, 5.41) is 12.8. The van der Waals surface area contributed by atoms with Crippen molar-refractivity contribution in [3.63, 3.8) is 0 Å². The van der Waals surface area contributed by atoms with Gasteiger partial charge >= 0.3 is 0 Å². The molecule has 0 amide bonds. The van der Waals surface area contributed by atoms with Gasteiger partial charge in [-0.25, -0.2) is 4.39 Å². The number of benzene rings is 1. The van der Waals surface area contributed by atoms with Crippen LogP contribution in [0.3, 0.4) is 0 Å². The van der Waals surface area contributed by atoms with Crippen molar-refractivity contribution in [2.24, 2.45) is 0 Å². The summed E-state index contributed by atoms with van der Waals surface area (Å²) < 4.78 is 12.9. The quantitative estimate of drug-likeness (QED) is 0.776. The zero-order valence-corrected chi connectivity index (χ0v) is 8.13. The van der Waals surface area contributed by atoms with Crippen LogP contribution in [-0.4, -0.2) is 11.1 Å². The van der Waals surface area contributed by atoms with Crippen LogP contribution in [0.2, 0.25) is 0 Å². The van der Waals surface area contributed by atoms with E-state index in [1.54, 1.807) is 0 Å². The average Bonchev–Trinajstić information content (AvgIpc) is 2.93. The number of phenolic OH excluding ortho intramolecular Hbond substituents is 1. The molecule has 1 fully saturated rings. The van der Waals surface area contributed by atoms with Gasteiger partial charge in [-0.2, -0.15) is 0 Å². The van der Waals surface area contributed by atoms with Crippen LogP contribution in [0.25, 0.3) is 0 Å². The molecule has 0 saturated heterocycles. The molecule has 1 aromatic carbocycles. The molecule has 0 heterocycles. The molecule has 1 saturated carbocycles. The second-order valence-corrected chi connectivity index (χ2v) is 3.87. The second-order valence-electron chi connectivity index (χ2n) is 3.87. The van der Waals surface area contributed by atoms with Crippen LogP contribution in [0.4, 0.5) is 4.39 Å². The lowest BCUT2D eigenvalue weighted by molar-refractivity contribution is 0.448. The Kier molecular flexibility index (Phi) is 2.42. The Morgan fingerprint density at radius 3 is 2.86 bits per heavy atom. The van der Waals surface area contributed by atoms with Gasteiger partial charge in [0.25, 0.3) is 0 Å². The van der Waals surface area contributed by atoms with E-state index < -0.39 is 0 Å². The number of halogens is 1. The number of rotatable bonds is 3. The lowest BCUT2D eigenvalue weighted by Gasteiger charge is -2.14. The van der Waals surface area contributed by atoms with Crippen LogP contribution >= 0.6 is 0 Å². The highest BCUT2D eigenvalue weighted by Gasteiger charge is 2.24. The lowest BCUT2D eigenvalue weighted by atomic mass is 10.1. The Bertz CT molecular complexity index is 336. The number of phenols is 1. The third-order valence-corrected chi connectivity index (χ3v) is 2.52. The molecule has 0 bridgehead atoms. The standard InChI is InChI=1S/C11H14FNO/c1-7(13-9-3-4-9)10-6-8(12)2-5-11(10)14/h2,5-7,9,13-14H,3-4H2,1H3/t7-/m0/s1. The van der Waals surface area contributed by atoms with E-state index in [2.05, 4.69) is 5.32 Å². The number of hydrogen-bond acceptors (Lipinski definition) is 2. The summed E-state index contributed by atoms with van der Waals surface area (Å²) in [6.07, 6.45) is 2.36. The molecule has 14 heavy (non-hydrogen) atoms. The van der Waals surface area contributed by atoms with E-state index in [0.29, 0.717) is 11.6 Å². The second kappa shape index (κ2) is 3.58. The predicted molar refractivity (Wildman–Crippen MR) is 52.6 cm³/mol. The largest absolute Gasteiger partial charge is 0.508 e. The van der Waals surface area contributed by atoms with Crippen LogP contribution in [0.15, 0.2) is 18.2 Å². The minimum atomic E-state index is -0.303. The van der Waals surface area contributed by atoms with Crippen LogP contribution < -0.4 is 5.32 Å². The fourth-order valence-corrected chi connectivity index (χ4v) is 1.57. The first-order valence-electron chi connectivity index (χ1n) is 4.91. The monoisotopic (exact) mass is 195 g/mol. The van der Waals surface area contributed by atoms with Crippen molar-refractivity contribution < 1.29 is 9.50 Å². The highest BCUT2D eigenvalue weighted by atomic mass is 19.1. The molecule has 2 rings (SSSR count). The summed E-state index contributed by atoms with van der Waals surface area (Å²) >= 11 is 0. The Labute approximate surface area is 82.8 Å². The van der Waals surface area contributed by atoms with Gasteiger partial charge in [0.2, 0.25) is 0 Å². The smallest absolute Gasteiger partial charge is 0.123 e. The predicted octanol–water partition coefficient (Wildman–Crippen LogP) is 2.34. The van der Waals surface area contributed by atoms with E-state index in [1.165, 1.54) is 31.0 Å². The first-order chi connectivity index (χ1) is 6.66. The van der Waals surface area contributed by atoms with E-state index in [4.69, 9.17) is 0 Å². The molecule has 0 aliphatic heterocycles. The Morgan fingerprint density at radius 2 is 2.21 bits per heavy atom. The Balaban J connectivity index is 2.15. The topological polar surface area (TPSA) is 32.3 Å². The van der Waals surface area contributed by atoms with Gasteiger partial charge in [-0.1, -0.05) is 0 Å². The van der Waals surface area contributed by atoms with Crippen molar-refractivity contribution in [2.75, 3.05) is 0 Å². The van der Waals surface area contributed by atoms with Crippen molar-refractivity contribution in [3.8, 4) is 5.75 Å². The summed E-state index contributed by atoms with van der Waals surface area (Å²) in [5.41, 5.74) is 0.636. The fraction of sp³-hybridized carbons (Fsp3) is 0.455. The maximum atomic E-state index is 12.9. The summed E-state index contributed by atoms with van der Waals surface area (Å²) in [6, 6.07) is 4.61. The summed E-state index contributed by atoms with van der Waals surface area (Å²) in [6.45, 7) is 1.94. The van der Waals surface area contributed by atoms with Crippen molar-refractivity contribution in [1.82, 2.24) is 5.32 Å². The van der Waals surface area contributed by atoms with Gasteiger partial charge in [0.05, 0.1) is 0 Å². The van der Waals surface area contributed by atoms with Crippen LogP contribution in [0.1, 0.15) is 31.4 Å². The summed E-state index contributed by atoms with van der Waals surface area (Å²) in [4.78, 5) is 0. The zero-order valence-electron chi connectivity index (χ0n) is 8.13. The minimum absolute atomic E-state index is 0.0122. The average molecular weight is 195 g/mol. The molecule has 1 aliphatic carbocycles. The van der Waals surface area contributed by atoms with Gasteiger partial charge in [0.15, 0.2) is 0 Å². The molecule has 1 aliphatic rings. The normalized spacial score (nSPS) is 18.1. The van der Waals surface area contributed by atoms with Gasteiger partial charge in [0.1, 0.15) is 11.6 Å². The summed E-state index contributed by atoms with van der Waals surface area (Å²) in [7, 11) is 0. The summed E-state index contributed by atoms with van der Waals surface area (Å²) in [5.74, 6) is -0.144. The number of aromatic hydroxyl groups is 1. The van der Waals surface area contributed by atoms with Gasteiger partial charge in [-0.3, -0.25) is 0 Å². The third kappa shape index (κ3) is 2.04. The van der Waals surface area contributed by atoms with E-state index in [9.17, 15) is 9.50 Å². The van der Waals surface area contributed by atoms with E-state index in [-0.39, 0.29) is 17.6 Å². The van der Waals surface area contributed by atoms with E-state index in [1.807, 2.05) is 6.92 Å². The van der Waals surface area contributed by atoms with Gasteiger partial charge in [-0.05, 0) is 38.0 Å². The highest BCUT2D eigenvalue weighted by Crippen LogP contribution is 2.28. The zero-order chi connectivity index (χ0) is 10.1. The molecule has 76 valence electrons. The van der Waals surface area contributed by atoms with E-state index >= 15 is 0 Å². The third-order valence-electron chi connectivity index (χ3n) is 2.52. The maximum absolute atomic E-state index is 12.9. The van der Waals surface area contributed by atoms with Crippen molar-refractivity contribution >= 4 is 0 Å². The lowest BCUT2D eigenvalue weighted by Crippen LogP contribution is -2.20. The van der Waals surface area contributed by atoms with Gasteiger partial charge in [0, 0.05) is 17.6 Å². The molecule has 1 aromatic rings. The molecule has 0 radical (unpaired) electrons. The first-order valence-corrected chi connectivity index (χ1v) is 4.91. The maximum Gasteiger partial charge on any atom is 0.123 e. The molecule has 3 heteroatoms. The van der Waals surface area contributed by atoms with Gasteiger partial charge < -0.3 is 10.4 Å². The Morgan fingerprint density at radius 1 is 1.50 bits per heavy atom. The van der Waals surface area contributed by atoms with Crippen LogP contribution in [0.5, 0.6) is 5.75 Å². The van der Waals surface area contributed by atoms with Crippen molar-refractivity contribution in [2.45, 2.75) is 31.8 Å². The van der Waals surface area contributed by atoms with Crippen LogP contribution in [-0.2, 0) is 0 Å². The SMILES string of the molecule is C[C@H](NC1CC1)c1cc(F)ccc1O. The molecular weight excluding hydrogens is 181 g/mol. The number of hydrogen-bond donors (Lipinski definition) is 2. The Hall–Kier alpha value is -1.09. The highest BCUT2D eigenvalue weighted by molar-refractivity contribution is 5.35. The molecular formula is C11H14FNO. The number of nitrogens with one attached hydrogen (secondary N) is 1. The van der Waals surface area contributed by atoms with Gasteiger partial charge in [-0.15, -0.1) is 0 Å². The fourth-order valence-electron chi connectivity index (χ4n) is 1.57. The molecule has 0 unspecified atom stereocenters. The van der Waals surface area contributed by atoms with Crippen LogP contribution in [0, 0.1) is 5.82 Å². The molecule has 0 spiro atoms. The van der Waals surface area contributed by atoms with Crippen molar-refractivity contribution in [3.05, 3.63) is 29.6 Å². The first kappa shape index (κ1) is 9.46. The minimum Gasteiger partial charge on any atom is -0.508 e. The molecule has 0 aromatic heterocycles. The molecule has 2 N–H and O–H groups in total. The van der Waals surface area contributed by atoms with E-state index in [0.717, 1.165) is 0 Å². The molecule has 2 nitrogen and oxygen atoms in total.